The Balaban J connectivity index is 1.35. The molecule has 34 heavy (non-hydrogen) atoms. The van der Waals surface area contributed by atoms with E-state index in [0.29, 0.717) is 5.56 Å². The molecule has 1 saturated heterocycles. The first-order chi connectivity index (χ1) is 16.7. The number of nitriles is 1. The molecule has 3 N–H and O–H groups in total. The van der Waals surface area contributed by atoms with Crippen LogP contribution in [0, 0.1) is 11.3 Å². The minimum atomic E-state index is -0.213. The molecular formula is C27H23N5OS. The average molecular weight is 466 g/mol. The predicted octanol–water partition coefficient (Wildman–Crippen LogP) is 5.63. The van der Waals surface area contributed by atoms with Crippen LogP contribution in [0.2, 0.25) is 0 Å². The lowest BCUT2D eigenvalue weighted by Gasteiger charge is -2.15. The summed E-state index contributed by atoms with van der Waals surface area (Å²) in [6.07, 6.45) is 4.20. The fourth-order valence-electron chi connectivity index (χ4n) is 4.66. The van der Waals surface area contributed by atoms with E-state index in [-0.39, 0.29) is 6.10 Å². The fraction of sp³-hybridized carbons (Fsp3) is 0.185. The maximum atomic E-state index is 9.83. The molecule has 1 aliphatic heterocycles. The number of β-amino-alcohol motifs (C(OH)–C–C–N with tert-alkyl or cyclic N) is 1. The predicted molar refractivity (Wildman–Crippen MR) is 137 cm³/mol. The summed E-state index contributed by atoms with van der Waals surface area (Å²) in [6, 6.07) is 21.1. The van der Waals surface area contributed by atoms with E-state index in [1.54, 1.807) is 17.5 Å². The molecule has 0 amide bonds. The number of likely N-dealkylation sites (tertiary alicyclic amines) is 1. The molecule has 0 unspecified atom stereocenters. The highest BCUT2D eigenvalue weighted by molar-refractivity contribution is 7.22. The summed E-state index contributed by atoms with van der Waals surface area (Å²) in [5.41, 5.74) is 5.68. The Morgan fingerprint density at radius 2 is 2.15 bits per heavy atom. The van der Waals surface area contributed by atoms with Gasteiger partial charge in [-0.1, -0.05) is 18.2 Å². The molecule has 1 atom stereocenters. The maximum Gasteiger partial charge on any atom is 0.126 e. The summed E-state index contributed by atoms with van der Waals surface area (Å²) in [5, 5.41) is 25.1. The van der Waals surface area contributed by atoms with Crippen LogP contribution in [0.25, 0.3) is 31.6 Å². The van der Waals surface area contributed by atoms with Crippen molar-refractivity contribution in [2.24, 2.45) is 0 Å². The van der Waals surface area contributed by atoms with Gasteiger partial charge in [-0.2, -0.15) is 5.26 Å². The first-order valence-electron chi connectivity index (χ1n) is 11.3. The molecule has 168 valence electrons. The fourth-order valence-corrected chi connectivity index (χ4v) is 5.67. The smallest absolute Gasteiger partial charge is 0.126 e. The van der Waals surface area contributed by atoms with Crippen molar-refractivity contribution in [2.45, 2.75) is 19.1 Å². The highest BCUT2D eigenvalue weighted by atomic mass is 32.1. The lowest BCUT2D eigenvalue weighted by molar-refractivity contribution is 0.175. The van der Waals surface area contributed by atoms with Gasteiger partial charge in [0.15, 0.2) is 0 Å². The molecule has 3 aromatic heterocycles. The van der Waals surface area contributed by atoms with Gasteiger partial charge in [-0.3, -0.25) is 4.90 Å². The zero-order chi connectivity index (χ0) is 23.1. The Morgan fingerprint density at radius 1 is 1.21 bits per heavy atom. The third-order valence-electron chi connectivity index (χ3n) is 6.37. The second-order valence-electron chi connectivity index (χ2n) is 8.77. The first-order valence-corrected chi connectivity index (χ1v) is 12.1. The number of aromatic amines is 1. The van der Waals surface area contributed by atoms with E-state index >= 15 is 0 Å². The Morgan fingerprint density at radius 3 is 3.00 bits per heavy atom. The number of aromatic nitrogens is 2. The summed E-state index contributed by atoms with van der Waals surface area (Å²) >= 11 is 1.63. The number of hydrogen-bond acceptors (Lipinski definition) is 6. The molecule has 5 aromatic rings. The summed E-state index contributed by atoms with van der Waals surface area (Å²) in [5.74, 6) is 0. The number of benzene rings is 2. The van der Waals surface area contributed by atoms with Crippen LogP contribution in [0.15, 0.2) is 67.0 Å². The number of pyridine rings is 1. The monoisotopic (exact) mass is 465 g/mol. The Kier molecular flexibility index (Phi) is 5.27. The van der Waals surface area contributed by atoms with Gasteiger partial charge >= 0.3 is 0 Å². The van der Waals surface area contributed by atoms with Gasteiger partial charge in [-0.15, -0.1) is 11.3 Å². The number of H-pyrrole nitrogens is 1. The Labute approximate surface area is 201 Å². The topological polar surface area (TPSA) is 88.0 Å². The maximum absolute atomic E-state index is 9.83. The van der Waals surface area contributed by atoms with Crippen LogP contribution in [0.4, 0.5) is 11.4 Å². The molecule has 1 fully saturated rings. The molecule has 0 aliphatic carbocycles. The van der Waals surface area contributed by atoms with Crippen molar-refractivity contribution in [3.8, 4) is 16.5 Å². The van der Waals surface area contributed by atoms with Crippen LogP contribution in [-0.4, -0.2) is 39.2 Å². The molecule has 4 heterocycles. The van der Waals surface area contributed by atoms with Gasteiger partial charge in [-0.05, 0) is 53.9 Å². The largest absolute Gasteiger partial charge is 0.392 e. The van der Waals surface area contributed by atoms with Crippen molar-refractivity contribution in [1.82, 2.24) is 14.9 Å². The molecule has 0 spiro atoms. The van der Waals surface area contributed by atoms with E-state index in [4.69, 9.17) is 0 Å². The molecule has 6 nitrogen and oxygen atoms in total. The van der Waals surface area contributed by atoms with E-state index in [0.717, 1.165) is 69.0 Å². The number of aliphatic hydroxyl groups is 1. The second-order valence-corrected chi connectivity index (χ2v) is 9.80. The minimum Gasteiger partial charge on any atom is -0.392 e. The van der Waals surface area contributed by atoms with Crippen molar-refractivity contribution < 1.29 is 5.11 Å². The number of thiophene rings is 1. The van der Waals surface area contributed by atoms with Crippen molar-refractivity contribution in [3.05, 3.63) is 78.1 Å². The van der Waals surface area contributed by atoms with Crippen molar-refractivity contribution >= 4 is 43.8 Å². The molecule has 6 rings (SSSR count). The average Bonchev–Trinajstić information content (AvgIpc) is 3.59. The second kappa shape index (κ2) is 8.58. The SMILES string of the molecule is N#Cc1cnc2sc(-c3cccc(CN4CC[C@H](O)C4)c3)cc2c1Nc1ccc2[nH]ccc2c1. The lowest BCUT2D eigenvalue weighted by atomic mass is 10.1. The highest BCUT2D eigenvalue weighted by Gasteiger charge is 2.20. The van der Waals surface area contributed by atoms with E-state index in [2.05, 4.69) is 62.7 Å². The van der Waals surface area contributed by atoms with Gasteiger partial charge in [0.25, 0.3) is 0 Å². The zero-order valence-electron chi connectivity index (χ0n) is 18.5. The summed E-state index contributed by atoms with van der Waals surface area (Å²) in [6.45, 7) is 2.50. The van der Waals surface area contributed by atoms with Crippen LogP contribution < -0.4 is 5.32 Å². The molecule has 0 saturated carbocycles. The molecule has 0 radical (unpaired) electrons. The van der Waals surface area contributed by atoms with Gasteiger partial charge in [-0.25, -0.2) is 4.98 Å². The van der Waals surface area contributed by atoms with Crippen molar-refractivity contribution in [2.75, 3.05) is 18.4 Å². The van der Waals surface area contributed by atoms with Crippen LogP contribution >= 0.6 is 11.3 Å². The van der Waals surface area contributed by atoms with Gasteiger partial charge in [0.2, 0.25) is 0 Å². The Bertz CT molecular complexity index is 1550. The number of fused-ring (bicyclic) bond motifs is 2. The number of anilines is 2. The van der Waals surface area contributed by atoms with Gasteiger partial charge in [0.05, 0.1) is 17.4 Å². The normalized spacial score (nSPS) is 16.3. The molecule has 1 aliphatic rings. The molecule has 7 heteroatoms. The van der Waals surface area contributed by atoms with Crippen LogP contribution in [0.3, 0.4) is 0 Å². The van der Waals surface area contributed by atoms with Crippen LogP contribution in [0.5, 0.6) is 0 Å². The molecule has 2 aromatic carbocycles. The molecule has 0 bridgehead atoms. The number of nitrogens with zero attached hydrogens (tertiary/aromatic N) is 3. The van der Waals surface area contributed by atoms with E-state index in [1.807, 2.05) is 24.4 Å². The van der Waals surface area contributed by atoms with Crippen LogP contribution in [0.1, 0.15) is 17.5 Å². The third-order valence-corrected chi connectivity index (χ3v) is 7.46. The minimum absolute atomic E-state index is 0.213. The summed E-state index contributed by atoms with van der Waals surface area (Å²) in [7, 11) is 0. The lowest BCUT2D eigenvalue weighted by Crippen LogP contribution is -2.21. The number of rotatable bonds is 5. The number of aliphatic hydroxyl groups excluding tert-OH is 1. The summed E-state index contributed by atoms with van der Waals surface area (Å²) < 4.78 is 0. The van der Waals surface area contributed by atoms with Gasteiger partial charge in [0, 0.05) is 58.9 Å². The number of nitrogens with one attached hydrogen (secondary N) is 2. The standard InChI is InChI=1S/C27H23N5OS/c28-13-20-14-30-27-23(26(20)31-21-4-5-24-18(11-21)6-8-29-24)12-25(34-27)19-3-1-2-17(10-19)15-32-9-7-22(33)16-32/h1-6,8,10-12,14,22,29,33H,7,9,15-16H2,(H,30,31)/t22-/m0/s1. The number of hydrogen-bond donors (Lipinski definition) is 3. The zero-order valence-corrected chi connectivity index (χ0v) is 19.3. The third kappa shape index (κ3) is 3.93. The van der Waals surface area contributed by atoms with E-state index < -0.39 is 0 Å². The van der Waals surface area contributed by atoms with Crippen LogP contribution in [-0.2, 0) is 6.54 Å². The quantitative estimate of drug-likeness (QED) is 0.313. The van der Waals surface area contributed by atoms with E-state index in [1.165, 1.54) is 5.56 Å². The van der Waals surface area contributed by atoms with Gasteiger partial charge < -0.3 is 15.4 Å². The highest BCUT2D eigenvalue weighted by Crippen LogP contribution is 2.39. The summed E-state index contributed by atoms with van der Waals surface area (Å²) in [4.78, 5) is 12.1. The molecular weight excluding hydrogens is 442 g/mol. The van der Waals surface area contributed by atoms with Crippen molar-refractivity contribution in [1.29, 1.82) is 5.26 Å². The van der Waals surface area contributed by atoms with Crippen molar-refractivity contribution in [3.63, 3.8) is 0 Å². The van der Waals surface area contributed by atoms with E-state index in [9.17, 15) is 10.4 Å². The Hall–Kier alpha value is -3.70. The first kappa shape index (κ1) is 20.9. The van der Waals surface area contributed by atoms with Gasteiger partial charge in [0.1, 0.15) is 10.9 Å².